The summed E-state index contributed by atoms with van der Waals surface area (Å²) in [5.74, 6) is -0.169. The molecule has 5 nitrogen and oxygen atoms in total. The molecule has 0 heterocycles. The number of amides is 3. The summed E-state index contributed by atoms with van der Waals surface area (Å²) in [5.41, 5.74) is 3.54. The van der Waals surface area contributed by atoms with Crippen LogP contribution in [0.2, 0.25) is 0 Å². The van der Waals surface area contributed by atoms with Crippen molar-refractivity contribution in [3.05, 3.63) is 71.3 Å². The van der Waals surface area contributed by atoms with Crippen LogP contribution in [0.4, 0.5) is 4.79 Å². The molecule has 1 aliphatic rings. The highest BCUT2D eigenvalue weighted by Crippen LogP contribution is 2.47. The molecule has 26 heavy (non-hydrogen) atoms. The van der Waals surface area contributed by atoms with Gasteiger partial charge in [0.05, 0.1) is 6.54 Å². The molecule has 0 radical (unpaired) electrons. The molecule has 0 aliphatic heterocycles. The van der Waals surface area contributed by atoms with Crippen LogP contribution in [0, 0.1) is 6.92 Å². The fourth-order valence-electron chi connectivity index (χ4n) is 2.95. The maximum atomic E-state index is 12.0. The summed E-state index contributed by atoms with van der Waals surface area (Å²) in [4.78, 5) is 23.8. The van der Waals surface area contributed by atoms with E-state index in [1.807, 2.05) is 49.4 Å². The Hall–Kier alpha value is -2.82. The first-order chi connectivity index (χ1) is 12.6. The number of hydrogen-bond donors (Lipinski definition) is 3. The second kappa shape index (κ2) is 8.04. The smallest absolute Gasteiger partial charge is 0.315 e. The predicted molar refractivity (Wildman–Crippen MR) is 102 cm³/mol. The largest absolute Gasteiger partial charge is 0.354 e. The molecule has 136 valence electrons. The summed E-state index contributed by atoms with van der Waals surface area (Å²) in [7, 11) is 0. The summed E-state index contributed by atoms with van der Waals surface area (Å²) >= 11 is 0. The fraction of sp³-hybridized carbons (Fsp3) is 0.333. The lowest BCUT2D eigenvalue weighted by Crippen LogP contribution is -2.43. The van der Waals surface area contributed by atoms with Gasteiger partial charge >= 0.3 is 6.03 Å². The van der Waals surface area contributed by atoms with Crippen molar-refractivity contribution >= 4 is 11.9 Å². The van der Waals surface area contributed by atoms with Crippen molar-refractivity contribution in [2.45, 2.75) is 31.7 Å². The molecular weight excluding hydrogens is 326 g/mol. The Morgan fingerprint density at radius 1 is 0.923 bits per heavy atom. The van der Waals surface area contributed by atoms with E-state index in [-0.39, 0.29) is 23.9 Å². The maximum Gasteiger partial charge on any atom is 0.315 e. The van der Waals surface area contributed by atoms with Crippen LogP contribution < -0.4 is 16.0 Å². The summed E-state index contributed by atoms with van der Waals surface area (Å²) in [5, 5.41) is 8.29. The number of nitrogens with one attached hydrogen (secondary N) is 3. The molecule has 0 aromatic heterocycles. The molecule has 0 atom stereocenters. The zero-order chi connectivity index (χ0) is 18.4. The van der Waals surface area contributed by atoms with Crippen molar-refractivity contribution in [3.8, 4) is 0 Å². The molecule has 2 aromatic carbocycles. The van der Waals surface area contributed by atoms with Crippen LogP contribution >= 0.6 is 0 Å². The van der Waals surface area contributed by atoms with Crippen LogP contribution in [0.1, 0.15) is 29.5 Å². The molecule has 1 aliphatic carbocycles. The average molecular weight is 351 g/mol. The lowest BCUT2D eigenvalue weighted by Gasteiger charge is -2.16. The number of rotatable bonds is 7. The Balaban J connectivity index is 1.36. The fourth-order valence-corrected chi connectivity index (χ4v) is 2.95. The van der Waals surface area contributed by atoms with E-state index in [0.29, 0.717) is 13.1 Å². The monoisotopic (exact) mass is 351 g/mol. The van der Waals surface area contributed by atoms with Crippen molar-refractivity contribution in [2.75, 3.05) is 13.1 Å². The SMILES string of the molecule is Cc1ccc(CNC(=O)NCC(=O)NCC2(c3ccccc3)CC2)cc1. The molecule has 5 heteroatoms. The third-order valence-electron chi connectivity index (χ3n) is 4.85. The molecule has 3 N–H and O–H groups in total. The van der Waals surface area contributed by atoms with E-state index in [4.69, 9.17) is 0 Å². The standard InChI is InChI=1S/C21H25N3O2/c1-16-7-9-17(10-8-16)13-22-20(26)23-14-19(25)24-15-21(11-12-21)18-5-3-2-4-6-18/h2-10H,11-15H2,1H3,(H,24,25)(H2,22,23,26). The van der Waals surface area contributed by atoms with Crippen molar-refractivity contribution in [2.24, 2.45) is 0 Å². The van der Waals surface area contributed by atoms with Crippen molar-refractivity contribution < 1.29 is 9.59 Å². The van der Waals surface area contributed by atoms with Gasteiger partial charge in [-0.3, -0.25) is 4.79 Å². The Labute approximate surface area is 154 Å². The first-order valence-electron chi connectivity index (χ1n) is 8.97. The Morgan fingerprint density at radius 2 is 1.62 bits per heavy atom. The van der Waals surface area contributed by atoms with Gasteiger partial charge in [-0.25, -0.2) is 4.79 Å². The zero-order valence-corrected chi connectivity index (χ0v) is 15.0. The zero-order valence-electron chi connectivity index (χ0n) is 15.0. The second-order valence-electron chi connectivity index (χ2n) is 6.94. The number of benzene rings is 2. The summed E-state index contributed by atoms with van der Waals surface area (Å²) in [6.45, 7) is 3.05. The summed E-state index contributed by atoms with van der Waals surface area (Å²) < 4.78 is 0. The van der Waals surface area contributed by atoms with E-state index < -0.39 is 0 Å². The third-order valence-corrected chi connectivity index (χ3v) is 4.85. The lowest BCUT2D eigenvalue weighted by molar-refractivity contribution is -0.120. The van der Waals surface area contributed by atoms with Crippen molar-refractivity contribution in [1.82, 2.24) is 16.0 Å². The highest BCUT2D eigenvalue weighted by molar-refractivity contribution is 5.84. The van der Waals surface area contributed by atoms with Crippen molar-refractivity contribution in [1.29, 1.82) is 0 Å². The maximum absolute atomic E-state index is 12.0. The van der Waals surface area contributed by atoms with Crippen LogP contribution in [0.5, 0.6) is 0 Å². The number of carbonyl (C=O) groups excluding carboxylic acids is 2. The van der Waals surface area contributed by atoms with Crippen LogP contribution in [-0.4, -0.2) is 25.0 Å². The van der Waals surface area contributed by atoms with Gasteiger partial charge in [0.2, 0.25) is 5.91 Å². The minimum absolute atomic E-state index is 0.0232. The minimum atomic E-state index is -0.343. The van der Waals surface area contributed by atoms with E-state index >= 15 is 0 Å². The first-order valence-corrected chi connectivity index (χ1v) is 8.97. The molecule has 0 saturated heterocycles. The Kier molecular flexibility index (Phi) is 5.56. The molecule has 0 spiro atoms. The van der Waals surface area contributed by atoms with Gasteiger partial charge in [-0.05, 0) is 30.9 Å². The van der Waals surface area contributed by atoms with Crippen LogP contribution in [0.3, 0.4) is 0 Å². The van der Waals surface area contributed by atoms with Gasteiger partial charge in [0, 0.05) is 18.5 Å². The molecule has 0 unspecified atom stereocenters. The van der Waals surface area contributed by atoms with E-state index in [2.05, 4.69) is 28.1 Å². The molecular formula is C21H25N3O2. The third kappa shape index (κ3) is 4.85. The Morgan fingerprint density at radius 3 is 2.27 bits per heavy atom. The van der Waals surface area contributed by atoms with Crippen molar-refractivity contribution in [3.63, 3.8) is 0 Å². The van der Waals surface area contributed by atoms with E-state index in [0.717, 1.165) is 18.4 Å². The van der Waals surface area contributed by atoms with Crippen LogP contribution in [-0.2, 0) is 16.8 Å². The molecule has 3 amide bonds. The first kappa shape index (κ1) is 18.0. The highest BCUT2D eigenvalue weighted by Gasteiger charge is 2.44. The summed E-state index contributed by atoms with van der Waals surface area (Å²) in [6.07, 6.45) is 2.17. The molecule has 3 rings (SSSR count). The van der Waals surface area contributed by atoms with Gasteiger partial charge in [0.1, 0.15) is 0 Å². The van der Waals surface area contributed by atoms with Gasteiger partial charge in [0.15, 0.2) is 0 Å². The minimum Gasteiger partial charge on any atom is -0.354 e. The summed E-state index contributed by atoms with van der Waals surface area (Å²) in [6, 6.07) is 17.9. The van der Waals surface area contributed by atoms with Gasteiger partial charge < -0.3 is 16.0 Å². The van der Waals surface area contributed by atoms with Gasteiger partial charge in [-0.15, -0.1) is 0 Å². The Bertz CT molecular complexity index is 753. The lowest BCUT2D eigenvalue weighted by atomic mass is 9.96. The normalized spacial score (nSPS) is 14.3. The topological polar surface area (TPSA) is 70.2 Å². The number of hydrogen-bond acceptors (Lipinski definition) is 2. The predicted octanol–water partition coefficient (Wildman–Crippen LogP) is 2.64. The molecule has 1 fully saturated rings. The second-order valence-corrected chi connectivity index (χ2v) is 6.94. The molecule has 0 bridgehead atoms. The van der Waals surface area contributed by atoms with Gasteiger partial charge in [0.25, 0.3) is 0 Å². The van der Waals surface area contributed by atoms with E-state index in [1.54, 1.807) is 0 Å². The average Bonchev–Trinajstić information content (AvgIpc) is 3.46. The van der Waals surface area contributed by atoms with Gasteiger partial charge in [-0.2, -0.15) is 0 Å². The highest BCUT2D eigenvalue weighted by atomic mass is 16.2. The van der Waals surface area contributed by atoms with Crippen LogP contribution in [0.25, 0.3) is 0 Å². The quantitative estimate of drug-likeness (QED) is 0.718. The number of aryl methyl sites for hydroxylation is 1. The number of carbonyl (C=O) groups is 2. The van der Waals surface area contributed by atoms with Crippen LogP contribution in [0.15, 0.2) is 54.6 Å². The van der Waals surface area contributed by atoms with E-state index in [9.17, 15) is 9.59 Å². The molecule has 1 saturated carbocycles. The molecule has 2 aromatic rings. The number of urea groups is 1. The van der Waals surface area contributed by atoms with Gasteiger partial charge in [-0.1, -0.05) is 60.2 Å². The van der Waals surface area contributed by atoms with E-state index in [1.165, 1.54) is 11.1 Å².